The number of carbonyl (C=O) groups excluding carboxylic acids is 2. The molecule has 10 heteroatoms. The van der Waals surface area contributed by atoms with Crippen LogP contribution in [-0.2, 0) is 9.59 Å². The maximum absolute atomic E-state index is 11.1. The van der Waals surface area contributed by atoms with Gasteiger partial charge in [-0.05, 0) is 6.07 Å². The van der Waals surface area contributed by atoms with Crippen LogP contribution in [0.15, 0.2) is 12.1 Å². The van der Waals surface area contributed by atoms with Crippen LogP contribution in [-0.4, -0.2) is 22.2 Å². The molecule has 20 heavy (non-hydrogen) atoms. The van der Waals surface area contributed by atoms with Crippen molar-refractivity contribution in [1.29, 1.82) is 0 Å². The van der Waals surface area contributed by atoms with Gasteiger partial charge in [0.15, 0.2) is 11.4 Å². The summed E-state index contributed by atoms with van der Waals surface area (Å²) in [5.41, 5.74) is -0.962. The average Bonchev–Trinajstić information content (AvgIpc) is 2.26. The Morgan fingerprint density at radius 3 is 1.55 bits per heavy atom. The molecule has 0 aliphatic rings. The molecule has 0 aliphatic heterocycles. The Balaban J connectivity index is 3.42. The zero-order valence-electron chi connectivity index (χ0n) is 10.7. The Bertz CT molecular complexity index is 487. The van der Waals surface area contributed by atoms with Gasteiger partial charge in [0.25, 0.3) is 0 Å². The van der Waals surface area contributed by atoms with Crippen LogP contribution in [0.4, 0.5) is 22.7 Å². The largest absolute Gasteiger partial charge is 0.595 e. The van der Waals surface area contributed by atoms with Gasteiger partial charge in [-0.2, -0.15) is 10.5 Å². The Morgan fingerprint density at radius 1 is 0.950 bits per heavy atom. The van der Waals surface area contributed by atoms with Crippen molar-refractivity contribution in [2.45, 2.75) is 13.8 Å². The first-order valence-electron chi connectivity index (χ1n) is 5.42. The van der Waals surface area contributed by atoms with Crippen molar-refractivity contribution in [1.82, 2.24) is 0 Å². The summed E-state index contributed by atoms with van der Waals surface area (Å²) in [6, 6.07) is 1.97. The number of quaternary nitrogens is 2. The molecule has 1 aromatic carbocycles. The quantitative estimate of drug-likeness (QED) is 0.367. The summed E-state index contributed by atoms with van der Waals surface area (Å²) >= 11 is 0. The minimum atomic E-state index is -1.40. The molecule has 0 bridgehead atoms. The summed E-state index contributed by atoms with van der Waals surface area (Å²) < 4.78 is 0. The maximum atomic E-state index is 11.1. The highest BCUT2D eigenvalue weighted by Crippen LogP contribution is 2.29. The lowest BCUT2D eigenvalue weighted by Gasteiger charge is -2.21. The van der Waals surface area contributed by atoms with E-state index in [0.29, 0.717) is 0 Å². The Hall–Kier alpha value is -2.08. The second kappa shape index (κ2) is 6.38. The van der Waals surface area contributed by atoms with Crippen LogP contribution in [0.3, 0.4) is 0 Å². The van der Waals surface area contributed by atoms with Gasteiger partial charge in [-0.15, -0.1) is 0 Å². The van der Waals surface area contributed by atoms with E-state index >= 15 is 0 Å². The van der Waals surface area contributed by atoms with Gasteiger partial charge in [-0.25, -0.2) is 10.4 Å². The van der Waals surface area contributed by atoms with Gasteiger partial charge in [0.05, 0.1) is 6.07 Å². The summed E-state index contributed by atoms with van der Waals surface area (Å²) in [6.07, 6.45) is 0. The molecule has 0 aromatic heterocycles. The molecule has 0 fully saturated rings. The highest BCUT2D eigenvalue weighted by Gasteiger charge is 2.20. The van der Waals surface area contributed by atoms with Crippen LogP contribution in [0.2, 0.25) is 0 Å². The normalized spacial score (nSPS) is 13.5. The van der Waals surface area contributed by atoms with E-state index in [1.54, 1.807) is 0 Å². The third-order valence-electron chi connectivity index (χ3n) is 2.24. The van der Waals surface area contributed by atoms with Crippen LogP contribution >= 0.6 is 0 Å². The lowest BCUT2D eigenvalue weighted by atomic mass is 10.2. The van der Waals surface area contributed by atoms with E-state index in [1.807, 2.05) is 0 Å². The monoisotopic (exact) mass is 286 g/mol. The predicted octanol–water partition coefficient (Wildman–Crippen LogP) is -1.59. The number of anilines is 2. The van der Waals surface area contributed by atoms with Crippen LogP contribution < -0.4 is 21.1 Å². The average molecular weight is 286 g/mol. The molecule has 0 saturated heterocycles. The van der Waals surface area contributed by atoms with Gasteiger partial charge in [-0.1, -0.05) is 0 Å². The molecule has 2 atom stereocenters. The molecule has 0 radical (unpaired) electrons. The van der Waals surface area contributed by atoms with Crippen molar-refractivity contribution >= 4 is 34.6 Å². The lowest BCUT2D eigenvalue weighted by Crippen LogP contribution is -3.01. The Kier molecular flexibility index (Phi) is 5.10. The summed E-state index contributed by atoms with van der Waals surface area (Å²) in [6.45, 7) is 2.35. The van der Waals surface area contributed by atoms with E-state index in [0.717, 1.165) is 12.1 Å². The number of rotatable bonds is 4. The van der Waals surface area contributed by atoms with Crippen molar-refractivity contribution in [3.63, 3.8) is 0 Å². The summed E-state index contributed by atoms with van der Waals surface area (Å²) in [5, 5.41) is 42.0. The number of hydrogen-bond donors (Lipinski definition) is 6. The van der Waals surface area contributed by atoms with Gasteiger partial charge in [0, 0.05) is 13.8 Å². The number of benzene rings is 1. The van der Waals surface area contributed by atoms with Crippen molar-refractivity contribution in [2.24, 2.45) is 0 Å². The van der Waals surface area contributed by atoms with E-state index < -0.39 is 22.3 Å². The number of hydrogen-bond acceptors (Lipinski definition) is 6. The first-order valence-corrected chi connectivity index (χ1v) is 5.42. The Morgan fingerprint density at radius 2 is 1.30 bits per heavy atom. The molecule has 2 unspecified atom stereocenters. The molecule has 1 rings (SSSR count). The van der Waals surface area contributed by atoms with Crippen molar-refractivity contribution < 1.29 is 30.5 Å². The van der Waals surface area contributed by atoms with Crippen molar-refractivity contribution in [3.8, 4) is 0 Å². The molecule has 110 valence electrons. The molecule has 1 aromatic rings. The summed E-state index contributed by atoms with van der Waals surface area (Å²) in [5.74, 6) is -1.05. The molecule has 0 spiro atoms. The molecule has 2 amide bonds. The van der Waals surface area contributed by atoms with E-state index in [2.05, 4.69) is 10.6 Å². The van der Waals surface area contributed by atoms with Crippen LogP contribution in [0, 0.1) is 10.4 Å². The minimum Gasteiger partial charge on any atom is -0.595 e. The first-order chi connectivity index (χ1) is 9.22. The molecule has 10 nitrogen and oxygen atoms in total. The van der Waals surface area contributed by atoms with Crippen molar-refractivity contribution in [2.75, 3.05) is 10.6 Å². The third-order valence-corrected chi connectivity index (χ3v) is 2.24. The number of carbonyl (C=O) groups is 2. The van der Waals surface area contributed by atoms with Gasteiger partial charge >= 0.3 is 0 Å². The van der Waals surface area contributed by atoms with E-state index in [-0.39, 0.29) is 22.7 Å². The van der Waals surface area contributed by atoms with E-state index in [4.69, 9.17) is 10.4 Å². The zero-order valence-corrected chi connectivity index (χ0v) is 10.7. The molecule has 0 aliphatic carbocycles. The van der Waals surface area contributed by atoms with Gasteiger partial charge < -0.3 is 21.0 Å². The standard InChI is InChI=1S/C10H14N4O6/c1-5(15)11-7-3-8(12-6(2)16)10(14(19)20)4-9(7)13(17)18/h3-4,13-14,17,19H,1-2H3,(H,11,15)(H,12,16). The van der Waals surface area contributed by atoms with Crippen LogP contribution in [0.25, 0.3) is 0 Å². The molecular formula is C10H14N4O6. The van der Waals surface area contributed by atoms with Gasteiger partial charge in [0.2, 0.25) is 11.8 Å². The summed E-state index contributed by atoms with van der Waals surface area (Å²) in [4.78, 5) is 22.1. The predicted molar refractivity (Wildman–Crippen MR) is 66.6 cm³/mol. The zero-order chi connectivity index (χ0) is 15.4. The summed E-state index contributed by atoms with van der Waals surface area (Å²) in [7, 11) is 0. The molecule has 6 N–H and O–H groups in total. The fraction of sp³-hybridized carbons (Fsp3) is 0.200. The Labute approximate surface area is 113 Å². The SMILES string of the molecule is CC(=O)Nc1cc(NC(C)=O)c([NH+]([O-])O)cc1[NH+]([O-])O. The van der Waals surface area contributed by atoms with Crippen molar-refractivity contribution in [3.05, 3.63) is 22.5 Å². The molecular weight excluding hydrogens is 272 g/mol. The van der Waals surface area contributed by atoms with E-state index in [1.165, 1.54) is 13.8 Å². The van der Waals surface area contributed by atoms with Gasteiger partial charge in [-0.3, -0.25) is 9.59 Å². The van der Waals surface area contributed by atoms with E-state index in [9.17, 15) is 20.0 Å². The van der Waals surface area contributed by atoms with Crippen LogP contribution in [0.5, 0.6) is 0 Å². The number of amides is 2. The highest BCUT2D eigenvalue weighted by molar-refractivity contribution is 5.97. The molecule has 0 saturated carbocycles. The topological polar surface area (TPSA) is 154 Å². The number of nitrogens with one attached hydrogen (secondary N) is 4. The minimum absolute atomic E-state index is 0.0984. The van der Waals surface area contributed by atoms with Gasteiger partial charge in [0.1, 0.15) is 11.4 Å². The maximum Gasteiger partial charge on any atom is 0.221 e. The molecule has 0 heterocycles. The highest BCUT2D eigenvalue weighted by atomic mass is 16.8. The third kappa shape index (κ3) is 3.96. The fourth-order valence-electron chi connectivity index (χ4n) is 1.54. The fourth-order valence-corrected chi connectivity index (χ4v) is 1.54. The lowest BCUT2D eigenvalue weighted by molar-refractivity contribution is -0.995. The second-order valence-corrected chi connectivity index (χ2v) is 3.92. The second-order valence-electron chi connectivity index (χ2n) is 3.92. The van der Waals surface area contributed by atoms with Crippen LogP contribution in [0.1, 0.15) is 13.8 Å². The first kappa shape index (κ1) is 16.0. The smallest absolute Gasteiger partial charge is 0.221 e.